The molecule has 2 saturated heterocycles. The first-order chi connectivity index (χ1) is 9.87. The van der Waals surface area contributed by atoms with Gasteiger partial charge in [0.1, 0.15) is 18.5 Å². The minimum atomic E-state index is 0.293. The normalized spacial score (nSPS) is 23.6. The molecule has 2 atom stereocenters. The van der Waals surface area contributed by atoms with E-state index < -0.39 is 0 Å². The van der Waals surface area contributed by atoms with Crippen LogP contribution < -0.4 is 10.1 Å². The lowest BCUT2D eigenvalue weighted by molar-refractivity contribution is 0.263. The van der Waals surface area contributed by atoms with Crippen LogP contribution in [0.25, 0.3) is 10.8 Å². The first kappa shape index (κ1) is 12.0. The van der Waals surface area contributed by atoms with E-state index in [0.29, 0.717) is 18.8 Å². The second kappa shape index (κ2) is 4.96. The Morgan fingerprint density at radius 2 is 1.75 bits per heavy atom. The highest BCUT2D eigenvalue weighted by molar-refractivity contribution is 5.86. The zero-order valence-electron chi connectivity index (χ0n) is 11.2. The first-order valence-electron chi connectivity index (χ1n) is 7.00. The fraction of sp³-hybridized carbons (Fsp3) is 0.375. The highest BCUT2D eigenvalue weighted by atomic mass is 16.6. The second-order valence-corrected chi connectivity index (χ2v) is 5.33. The molecule has 0 saturated carbocycles. The van der Waals surface area contributed by atoms with Crippen molar-refractivity contribution in [3.63, 3.8) is 0 Å². The van der Waals surface area contributed by atoms with E-state index in [9.17, 15) is 0 Å². The summed E-state index contributed by atoms with van der Waals surface area (Å²) in [5.41, 5.74) is 1.13. The molecule has 4 heteroatoms. The molecule has 0 bridgehead atoms. The Bertz CT molecular complexity index is 565. The highest BCUT2D eigenvalue weighted by Crippen LogP contribution is 2.25. The number of fused-ring (bicyclic) bond motifs is 1. The van der Waals surface area contributed by atoms with Gasteiger partial charge in [0, 0.05) is 12.2 Å². The van der Waals surface area contributed by atoms with E-state index in [1.165, 1.54) is 10.8 Å². The summed E-state index contributed by atoms with van der Waals surface area (Å²) in [4.78, 5) is 0. The standard InChI is InChI=1S/C16H17NO3/c1-3-13(17-7-15-8-19-15)5-11-2-4-14(6-12(1)11)18-9-16-10-20-16/h1-6,15-17H,7-10H2. The molecule has 2 aromatic rings. The van der Waals surface area contributed by atoms with Crippen LogP contribution in [0.3, 0.4) is 0 Å². The molecule has 4 rings (SSSR count). The average molecular weight is 271 g/mol. The number of nitrogens with one attached hydrogen (secondary N) is 1. The van der Waals surface area contributed by atoms with Gasteiger partial charge in [-0.05, 0) is 35.0 Å². The zero-order valence-corrected chi connectivity index (χ0v) is 11.2. The summed E-state index contributed by atoms with van der Waals surface area (Å²) in [7, 11) is 0. The molecule has 1 N–H and O–H groups in total. The molecule has 104 valence electrons. The molecule has 20 heavy (non-hydrogen) atoms. The van der Waals surface area contributed by atoms with E-state index in [0.717, 1.165) is 31.2 Å². The SMILES string of the molecule is c1cc2cc(OCC3CO3)ccc2cc1NCC1CO1. The van der Waals surface area contributed by atoms with Crippen LogP contribution in [0, 0.1) is 0 Å². The number of anilines is 1. The van der Waals surface area contributed by atoms with Gasteiger partial charge in [-0.3, -0.25) is 0 Å². The lowest BCUT2D eigenvalue weighted by Crippen LogP contribution is -2.07. The van der Waals surface area contributed by atoms with E-state index >= 15 is 0 Å². The van der Waals surface area contributed by atoms with Crippen molar-refractivity contribution in [2.75, 3.05) is 31.7 Å². The molecule has 2 aromatic carbocycles. The van der Waals surface area contributed by atoms with Crippen molar-refractivity contribution in [1.82, 2.24) is 0 Å². The molecule has 0 aromatic heterocycles. The molecule has 0 radical (unpaired) electrons. The highest BCUT2D eigenvalue weighted by Gasteiger charge is 2.23. The Labute approximate surface area is 117 Å². The Hall–Kier alpha value is -1.78. The van der Waals surface area contributed by atoms with E-state index in [1.807, 2.05) is 6.07 Å². The van der Waals surface area contributed by atoms with Crippen LogP contribution in [0.4, 0.5) is 5.69 Å². The molecular formula is C16H17NO3. The monoisotopic (exact) mass is 271 g/mol. The van der Waals surface area contributed by atoms with Gasteiger partial charge in [-0.1, -0.05) is 12.1 Å². The van der Waals surface area contributed by atoms with Gasteiger partial charge in [0.25, 0.3) is 0 Å². The maximum Gasteiger partial charge on any atom is 0.120 e. The third-order valence-corrected chi connectivity index (χ3v) is 3.59. The van der Waals surface area contributed by atoms with Gasteiger partial charge in [-0.15, -0.1) is 0 Å². The van der Waals surface area contributed by atoms with E-state index in [1.54, 1.807) is 0 Å². The van der Waals surface area contributed by atoms with Crippen LogP contribution in [0.15, 0.2) is 36.4 Å². The maximum atomic E-state index is 5.70. The molecular weight excluding hydrogens is 254 g/mol. The van der Waals surface area contributed by atoms with Crippen LogP contribution in [-0.4, -0.2) is 38.6 Å². The van der Waals surface area contributed by atoms with Crippen molar-refractivity contribution in [2.24, 2.45) is 0 Å². The van der Waals surface area contributed by atoms with Crippen molar-refractivity contribution in [1.29, 1.82) is 0 Å². The molecule has 2 fully saturated rings. The van der Waals surface area contributed by atoms with Crippen LogP contribution in [-0.2, 0) is 9.47 Å². The number of epoxide rings is 2. The minimum absolute atomic E-state index is 0.293. The summed E-state index contributed by atoms with van der Waals surface area (Å²) in [6.07, 6.45) is 0.688. The smallest absolute Gasteiger partial charge is 0.120 e. The van der Waals surface area contributed by atoms with Crippen molar-refractivity contribution in [3.05, 3.63) is 36.4 Å². The van der Waals surface area contributed by atoms with Gasteiger partial charge < -0.3 is 19.5 Å². The largest absolute Gasteiger partial charge is 0.491 e. The van der Waals surface area contributed by atoms with Gasteiger partial charge in [-0.2, -0.15) is 0 Å². The fourth-order valence-corrected chi connectivity index (χ4v) is 2.19. The van der Waals surface area contributed by atoms with Crippen molar-refractivity contribution in [2.45, 2.75) is 12.2 Å². The summed E-state index contributed by atoms with van der Waals surface area (Å²) < 4.78 is 16.0. The van der Waals surface area contributed by atoms with Gasteiger partial charge >= 0.3 is 0 Å². The van der Waals surface area contributed by atoms with Gasteiger partial charge in [0.05, 0.1) is 19.3 Å². The Morgan fingerprint density at radius 1 is 1.00 bits per heavy atom. The third-order valence-electron chi connectivity index (χ3n) is 3.59. The summed E-state index contributed by atoms with van der Waals surface area (Å²) in [6.45, 7) is 3.24. The molecule has 2 heterocycles. The first-order valence-corrected chi connectivity index (χ1v) is 7.00. The number of hydrogen-bond donors (Lipinski definition) is 1. The quantitative estimate of drug-likeness (QED) is 0.820. The lowest BCUT2D eigenvalue weighted by Gasteiger charge is -2.08. The number of benzene rings is 2. The molecule has 0 amide bonds. The summed E-state index contributed by atoms with van der Waals surface area (Å²) in [5.74, 6) is 0.903. The van der Waals surface area contributed by atoms with Crippen LogP contribution in [0.5, 0.6) is 5.75 Å². The topological polar surface area (TPSA) is 46.3 Å². The Morgan fingerprint density at radius 3 is 2.55 bits per heavy atom. The van der Waals surface area contributed by atoms with Crippen LogP contribution in [0.2, 0.25) is 0 Å². The predicted molar refractivity (Wildman–Crippen MR) is 77.4 cm³/mol. The van der Waals surface area contributed by atoms with Crippen molar-refractivity contribution >= 4 is 16.5 Å². The minimum Gasteiger partial charge on any atom is -0.491 e. The van der Waals surface area contributed by atoms with Gasteiger partial charge in [0.15, 0.2) is 0 Å². The molecule has 0 aliphatic carbocycles. The van der Waals surface area contributed by atoms with Gasteiger partial charge in [0.2, 0.25) is 0 Å². The number of rotatable bonds is 6. The summed E-state index contributed by atoms with van der Waals surface area (Å²) in [5, 5.41) is 5.79. The summed E-state index contributed by atoms with van der Waals surface area (Å²) >= 11 is 0. The van der Waals surface area contributed by atoms with Crippen LogP contribution >= 0.6 is 0 Å². The molecule has 2 aliphatic heterocycles. The summed E-state index contributed by atoms with van der Waals surface area (Å²) in [6, 6.07) is 12.6. The second-order valence-electron chi connectivity index (χ2n) is 5.33. The number of ether oxygens (including phenoxy) is 3. The van der Waals surface area contributed by atoms with E-state index in [-0.39, 0.29) is 0 Å². The lowest BCUT2D eigenvalue weighted by atomic mass is 10.1. The average Bonchev–Trinajstić information content (AvgIpc) is 3.37. The molecule has 4 nitrogen and oxygen atoms in total. The van der Waals surface area contributed by atoms with E-state index in [2.05, 4.69) is 35.6 Å². The molecule has 2 unspecified atom stereocenters. The number of hydrogen-bond acceptors (Lipinski definition) is 4. The zero-order chi connectivity index (χ0) is 13.4. The van der Waals surface area contributed by atoms with E-state index in [4.69, 9.17) is 14.2 Å². The Kier molecular flexibility index (Phi) is 2.98. The van der Waals surface area contributed by atoms with Crippen LogP contribution in [0.1, 0.15) is 0 Å². The predicted octanol–water partition coefficient (Wildman–Crippen LogP) is 2.43. The van der Waals surface area contributed by atoms with Crippen molar-refractivity contribution in [3.8, 4) is 5.75 Å². The third kappa shape index (κ3) is 2.86. The molecule has 0 spiro atoms. The van der Waals surface area contributed by atoms with Gasteiger partial charge in [-0.25, -0.2) is 0 Å². The molecule has 2 aliphatic rings. The Balaban J connectivity index is 1.48. The maximum absolute atomic E-state index is 5.70. The fourth-order valence-electron chi connectivity index (χ4n) is 2.19. The van der Waals surface area contributed by atoms with Crippen molar-refractivity contribution < 1.29 is 14.2 Å².